The monoisotopic (exact) mass is 396 g/mol. The first kappa shape index (κ1) is 19.3. The number of hydrogen-bond donors (Lipinski definition) is 1. The highest BCUT2D eigenvalue weighted by Crippen LogP contribution is 2.24. The Balaban J connectivity index is 1.57. The van der Waals surface area contributed by atoms with E-state index in [-0.39, 0.29) is 11.5 Å². The van der Waals surface area contributed by atoms with Crippen LogP contribution in [-0.4, -0.2) is 16.8 Å². The number of para-hydroxylation sites is 1. The third-order valence-corrected chi connectivity index (χ3v) is 4.99. The Bertz CT molecular complexity index is 1230. The van der Waals surface area contributed by atoms with Gasteiger partial charge in [-0.3, -0.25) is 9.59 Å². The molecular formula is C25H20N2O3. The number of ketones is 1. The Labute approximate surface area is 174 Å². The van der Waals surface area contributed by atoms with E-state index in [1.165, 1.54) is 5.56 Å². The zero-order chi connectivity index (χ0) is 21.1. The van der Waals surface area contributed by atoms with Gasteiger partial charge in [-0.05, 0) is 43.2 Å². The number of amides is 1. The van der Waals surface area contributed by atoms with E-state index in [0.29, 0.717) is 22.6 Å². The average Bonchev–Trinajstić information content (AvgIpc) is 3.27. The molecule has 148 valence electrons. The highest BCUT2D eigenvalue weighted by Gasteiger charge is 2.18. The highest BCUT2D eigenvalue weighted by molar-refractivity contribution is 6.15. The molecule has 5 heteroatoms. The Kier molecular flexibility index (Phi) is 5.26. The summed E-state index contributed by atoms with van der Waals surface area (Å²) in [4.78, 5) is 25.6. The maximum Gasteiger partial charge on any atom is 0.277 e. The second-order valence-electron chi connectivity index (χ2n) is 7.07. The summed E-state index contributed by atoms with van der Waals surface area (Å²) in [6.07, 6.45) is 0. The summed E-state index contributed by atoms with van der Waals surface area (Å²) in [6, 6.07) is 23.4. The van der Waals surface area contributed by atoms with Gasteiger partial charge in [0.25, 0.3) is 5.91 Å². The smallest absolute Gasteiger partial charge is 0.277 e. The van der Waals surface area contributed by atoms with Crippen molar-refractivity contribution in [2.24, 2.45) is 0 Å². The molecule has 0 aliphatic heterocycles. The van der Waals surface area contributed by atoms with Crippen LogP contribution in [0.25, 0.3) is 11.3 Å². The number of hydrogen-bond acceptors (Lipinski definition) is 4. The zero-order valence-electron chi connectivity index (χ0n) is 16.7. The van der Waals surface area contributed by atoms with Crippen molar-refractivity contribution in [1.29, 1.82) is 0 Å². The van der Waals surface area contributed by atoms with Crippen LogP contribution in [0.2, 0.25) is 0 Å². The molecule has 30 heavy (non-hydrogen) atoms. The Morgan fingerprint density at radius 2 is 1.57 bits per heavy atom. The molecule has 4 aromatic rings. The van der Waals surface area contributed by atoms with Crippen LogP contribution >= 0.6 is 0 Å². The molecule has 0 aliphatic carbocycles. The summed E-state index contributed by atoms with van der Waals surface area (Å²) in [5.41, 5.74) is 4.69. The van der Waals surface area contributed by atoms with Gasteiger partial charge in [-0.25, -0.2) is 0 Å². The molecule has 0 aliphatic rings. The van der Waals surface area contributed by atoms with Gasteiger partial charge >= 0.3 is 0 Å². The Morgan fingerprint density at radius 3 is 2.33 bits per heavy atom. The van der Waals surface area contributed by atoms with Crippen LogP contribution in [0.15, 0.2) is 83.4 Å². The van der Waals surface area contributed by atoms with Crippen LogP contribution in [0.3, 0.4) is 0 Å². The van der Waals surface area contributed by atoms with E-state index >= 15 is 0 Å². The summed E-state index contributed by atoms with van der Waals surface area (Å²) in [5, 5.41) is 6.68. The maximum absolute atomic E-state index is 12.8. The third-order valence-electron chi connectivity index (χ3n) is 4.99. The van der Waals surface area contributed by atoms with E-state index in [2.05, 4.69) is 10.5 Å². The number of nitrogens with one attached hydrogen (secondary N) is 1. The lowest BCUT2D eigenvalue weighted by Crippen LogP contribution is -2.15. The second-order valence-corrected chi connectivity index (χ2v) is 7.07. The van der Waals surface area contributed by atoms with Gasteiger partial charge in [0.05, 0.1) is 5.69 Å². The first-order valence-corrected chi connectivity index (χ1v) is 9.57. The van der Waals surface area contributed by atoms with Crippen molar-refractivity contribution in [3.63, 3.8) is 0 Å². The van der Waals surface area contributed by atoms with E-state index in [1.807, 2.05) is 38.1 Å². The fourth-order valence-corrected chi connectivity index (χ4v) is 3.13. The minimum absolute atomic E-state index is 0.144. The highest BCUT2D eigenvalue weighted by atomic mass is 16.5. The molecule has 0 spiro atoms. The number of carbonyl (C=O) groups excluding carboxylic acids is 2. The Morgan fingerprint density at radius 1 is 0.833 bits per heavy atom. The van der Waals surface area contributed by atoms with Crippen molar-refractivity contribution in [2.75, 3.05) is 5.32 Å². The molecule has 0 atom stereocenters. The number of anilines is 1. The fraction of sp³-hybridized carbons (Fsp3) is 0.0800. The number of aryl methyl sites for hydroxylation is 2. The molecule has 5 nitrogen and oxygen atoms in total. The normalized spacial score (nSPS) is 10.6. The van der Waals surface area contributed by atoms with Crippen molar-refractivity contribution >= 4 is 17.4 Å². The van der Waals surface area contributed by atoms with Gasteiger partial charge in [0, 0.05) is 22.8 Å². The van der Waals surface area contributed by atoms with Crippen LogP contribution in [-0.2, 0) is 0 Å². The fourth-order valence-electron chi connectivity index (χ4n) is 3.13. The van der Waals surface area contributed by atoms with Gasteiger partial charge < -0.3 is 9.84 Å². The first-order chi connectivity index (χ1) is 14.5. The maximum atomic E-state index is 12.8. The number of benzene rings is 3. The quantitative estimate of drug-likeness (QED) is 0.456. The molecule has 1 N–H and O–H groups in total. The molecular weight excluding hydrogens is 376 g/mol. The number of carbonyl (C=O) groups is 2. The second kappa shape index (κ2) is 8.17. The van der Waals surface area contributed by atoms with E-state index in [1.54, 1.807) is 54.6 Å². The van der Waals surface area contributed by atoms with Crippen LogP contribution in [0.1, 0.15) is 37.5 Å². The van der Waals surface area contributed by atoms with Crippen molar-refractivity contribution in [1.82, 2.24) is 5.16 Å². The van der Waals surface area contributed by atoms with Gasteiger partial charge in [-0.1, -0.05) is 59.8 Å². The van der Waals surface area contributed by atoms with E-state index in [4.69, 9.17) is 4.52 Å². The summed E-state index contributed by atoms with van der Waals surface area (Å²) >= 11 is 0. The number of nitrogens with zero attached hydrogens (tertiary/aromatic N) is 1. The lowest BCUT2D eigenvalue weighted by Gasteiger charge is -2.09. The lowest BCUT2D eigenvalue weighted by molar-refractivity contribution is 0.101. The first-order valence-electron chi connectivity index (χ1n) is 9.57. The van der Waals surface area contributed by atoms with Crippen molar-refractivity contribution in [2.45, 2.75) is 13.8 Å². The molecule has 0 fully saturated rings. The van der Waals surface area contributed by atoms with Gasteiger partial charge in [0.2, 0.25) is 0 Å². The van der Waals surface area contributed by atoms with Gasteiger partial charge in [-0.15, -0.1) is 0 Å². The molecule has 0 bridgehead atoms. The molecule has 4 rings (SSSR count). The summed E-state index contributed by atoms with van der Waals surface area (Å²) in [5.74, 6) is -0.0958. The third kappa shape index (κ3) is 3.91. The molecule has 0 saturated carbocycles. The molecule has 0 saturated heterocycles. The van der Waals surface area contributed by atoms with Crippen molar-refractivity contribution < 1.29 is 14.1 Å². The zero-order valence-corrected chi connectivity index (χ0v) is 16.7. The molecule has 3 aromatic carbocycles. The van der Waals surface area contributed by atoms with Gasteiger partial charge in [0.15, 0.2) is 17.2 Å². The largest absolute Gasteiger partial charge is 0.355 e. The van der Waals surface area contributed by atoms with Crippen LogP contribution < -0.4 is 5.32 Å². The molecule has 0 unspecified atom stereocenters. The van der Waals surface area contributed by atoms with Crippen LogP contribution in [0.5, 0.6) is 0 Å². The Hall–Kier alpha value is -3.99. The molecule has 1 amide bonds. The minimum Gasteiger partial charge on any atom is -0.355 e. The lowest BCUT2D eigenvalue weighted by atomic mass is 10.0. The van der Waals surface area contributed by atoms with Crippen LogP contribution in [0.4, 0.5) is 5.69 Å². The molecule has 1 heterocycles. The van der Waals surface area contributed by atoms with Gasteiger partial charge in [0.1, 0.15) is 0 Å². The average molecular weight is 396 g/mol. The predicted octanol–water partition coefficient (Wildman–Crippen LogP) is 5.44. The SMILES string of the molecule is Cc1ccc(-c2cc(C(=O)Nc3ccccc3C(=O)c3ccccc3)no2)cc1C. The summed E-state index contributed by atoms with van der Waals surface area (Å²) in [6.45, 7) is 4.05. The van der Waals surface area contributed by atoms with Crippen LogP contribution in [0, 0.1) is 13.8 Å². The minimum atomic E-state index is -0.442. The molecule has 0 radical (unpaired) electrons. The van der Waals surface area contributed by atoms with Gasteiger partial charge in [-0.2, -0.15) is 0 Å². The van der Waals surface area contributed by atoms with E-state index in [0.717, 1.165) is 11.1 Å². The van der Waals surface area contributed by atoms with Crippen molar-refractivity contribution in [3.8, 4) is 11.3 Å². The summed E-state index contributed by atoms with van der Waals surface area (Å²) in [7, 11) is 0. The standard InChI is InChI=1S/C25H20N2O3/c1-16-12-13-19(14-17(16)2)23-15-22(27-30-23)25(29)26-21-11-7-6-10-20(21)24(28)18-8-4-3-5-9-18/h3-15H,1-2H3,(H,26,29). The van der Waals surface area contributed by atoms with Crippen molar-refractivity contribution in [3.05, 3.63) is 107 Å². The van der Waals surface area contributed by atoms with E-state index in [9.17, 15) is 9.59 Å². The predicted molar refractivity (Wildman–Crippen MR) is 116 cm³/mol. The summed E-state index contributed by atoms with van der Waals surface area (Å²) < 4.78 is 5.37. The number of aromatic nitrogens is 1. The van der Waals surface area contributed by atoms with E-state index < -0.39 is 5.91 Å². The molecule has 1 aromatic heterocycles. The topological polar surface area (TPSA) is 72.2 Å². The number of rotatable bonds is 5.